The normalized spacial score (nSPS) is 10.1. The van der Waals surface area contributed by atoms with Crippen LogP contribution in [0.1, 0.15) is 10.4 Å². The van der Waals surface area contributed by atoms with Crippen LogP contribution in [0, 0.1) is 0 Å². The summed E-state index contributed by atoms with van der Waals surface area (Å²) in [6.07, 6.45) is 0.621. The number of phenolic OH excluding ortho intramolecular Hbond substituents is 1. The summed E-state index contributed by atoms with van der Waals surface area (Å²) in [5, 5.41) is 10.4. The molecular formula is C13H9ClO2. The molecule has 0 amide bonds. The van der Waals surface area contributed by atoms with Gasteiger partial charge in [0.2, 0.25) is 0 Å². The van der Waals surface area contributed by atoms with Crippen molar-refractivity contribution in [2.45, 2.75) is 0 Å². The van der Waals surface area contributed by atoms with Crippen LogP contribution in [0.4, 0.5) is 0 Å². The lowest BCUT2D eigenvalue weighted by Crippen LogP contribution is -1.86. The van der Waals surface area contributed by atoms with Gasteiger partial charge in [0.15, 0.2) is 6.29 Å². The van der Waals surface area contributed by atoms with Crippen LogP contribution in [0.15, 0.2) is 42.5 Å². The van der Waals surface area contributed by atoms with E-state index in [2.05, 4.69) is 0 Å². The number of aldehydes is 1. The van der Waals surface area contributed by atoms with Crippen LogP contribution in [-0.4, -0.2) is 11.4 Å². The quantitative estimate of drug-likeness (QED) is 0.805. The van der Waals surface area contributed by atoms with Gasteiger partial charge >= 0.3 is 0 Å². The van der Waals surface area contributed by atoms with E-state index < -0.39 is 0 Å². The number of hydrogen-bond acceptors (Lipinski definition) is 2. The summed E-state index contributed by atoms with van der Waals surface area (Å²) in [6, 6.07) is 12.2. The number of carbonyl (C=O) groups is 1. The van der Waals surface area contributed by atoms with Crippen molar-refractivity contribution in [1.29, 1.82) is 0 Å². The highest BCUT2D eigenvalue weighted by molar-refractivity contribution is 6.33. The van der Waals surface area contributed by atoms with E-state index in [0.717, 1.165) is 0 Å². The molecule has 0 spiro atoms. The maximum atomic E-state index is 10.7. The predicted octanol–water partition coefficient (Wildman–Crippen LogP) is 3.53. The number of para-hydroxylation sites is 1. The Labute approximate surface area is 98.1 Å². The van der Waals surface area contributed by atoms with Gasteiger partial charge in [-0.2, -0.15) is 0 Å². The zero-order chi connectivity index (χ0) is 11.5. The van der Waals surface area contributed by atoms with E-state index >= 15 is 0 Å². The van der Waals surface area contributed by atoms with E-state index in [1.165, 1.54) is 0 Å². The summed E-state index contributed by atoms with van der Waals surface area (Å²) in [5.74, 6) is -0.0365. The first kappa shape index (κ1) is 10.7. The first-order valence-electron chi connectivity index (χ1n) is 4.76. The maximum Gasteiger partial charge on any atom is 0.153 e. The van der Waals surface area contributed by atoms with Crippen molar-refractivity contribution in [3.8, 4) is 16.9 Å². The zero-order valence-electron chi connectivity index (χ0n) is 8.35. The van der Waals surface area contributed by atoms with Crippen molar-refractivity contribution < 1.29 is 9.90 Å². The van der Waals surface area contributed by atoms with Gasteiger partial charge in [-0.25, -0.2) is 0 Å². The molecule has 0 bridgehead atoms. The van der Waals surface area contributed by atoms with Gasteiger partial charge in [-0.05, 0) is 12.1 Å². The fourth-order valence-electron chi connectivity index (χ4n) is 1.55. The smallest absolute Gasteiger partial charge is 0.153 e. The molecule has 2 aromatic rings. The van der Waals surface area contributed by atoms with Crippen LogP contribution in [0.2, 0.25) is 5.02 Å². The standard InChI is InChI=1S/C13H9ClO2/c14-12-7-2-1-5-10(12)11-6-3-4-9(8-15)13(11)16/h1-8,16H. The van der Waals surface area contributed by atoms with Gasteiger partial charge in [-0.3, -0.25) is 4.79 Å². The van der Waals surface area contributed by atoms with Gasteiger partial charge in [0.05, 0.1) is 5.56 Å². The number of carbonyl (C=O) groups excluding carboxylic acids is 1. The first-order valence-corrected chi connectivity index (χ1v) is 5.14. The number of phenols is 1. The molecule has 0 fully saturated rings. The third kappa shape index (κ3) is 1.79. The minimum absolute atomic E-state index is 0.0365. The number of halogens is 1. The number of hydrogen-bond donors (Lipinski definition) is 1. The SMILES string of the molecule is O=Cc1cccc(-c2ccccc2Cl)c1O. The summed E-state index contributed by atoms with van der Waals surface area (Å²) < 4.78 is 0. The molecule has 2 nitrogen and oxygen atoms in total. The predicted molar refractivity (Wildman–Crippen MR) is 63.9 cm³/mol. The highest BCUT2D eigenvalue weighted by atomic mass is 35.5. The Morgan fingerprint density at radius 3 is 2.38 bits per heavy atom. The average Bonchev–Trinajstić information content (AvgIpc) is 2.31. The van der Waals surface area contributed by atoms with E-state index in [1.807, 2.05) is 12.1 Å². The third-order valence-corrected chi connectivity index (χ3v) is 2.69. The molecule has 0 heterocycles. The molecule has 0 aliphatic carbocycles. The molecule has 16 heavy (non-hydrogen) atoms. The Hall–Kier alpha value is -1.80. The van der Waals surface area contributed by atoms with Gasteiger partial charge in [0, 0.05) is 16.1 Å². The minimum Gasteiger partial charge on any atom is -0.507 e. The molecule has 0 aliphatic heterocycles. The summed E-state index contributed by atoms with van der Waals surface area (Å²) in [6.45, 7) is 0. The molecule has 0 radical (unpaired) electrons. The topological polar surface area (TPSA) is 37.3 Å². The third-order valence-electron chi connectivity index (χ3n) is 2.36. The molecule has 0 unspecified atom stereocenters. The molecule has 0 atom stereocenters. The lowest BCUT2D eigenvalue weighted by atomic mass is 10.0. The van der Waals surface area contributed by atoms with Gasteiger partial charge in [0.25, 0.3) is 0 Å². The highest BCUT2D eigenvalue weighted by Crippen LogP contribution is 2.35. The van der Waals surface area contributed by atoms with E-state index in [0.29, 0.717) is 22.4 Å². The van der Waals surface area contributed by atoms with Crippen molar-refractivity contribution in [3.05, 3.63) is 53.1 Å². The summed E-state index contributed by atoms with van der Waals surface area (Å²) >= 11 is 6.03. The number of benzene rings is 2. The van der Waals surface area contributed by atoms with Crippen LogP contribution < -0.4 is 0 Å². The molecular weight excluding hydrogens is 224 g/mol. The van der Waals surface area contributed by atoms with Gasteiger partial charge in [-0.1, -0.05) is 41.9 Å². The van der Waals surface area contributed by atoms with Crippen molar-refractivity contribution in [1.82, 2.24) is 0 Å². The second-order valence-electron chi connectivity index (χ2n) is 3.34. The van der Waals surface area contributed by atoms with Gasteiger partial charge in [-0.15, -0.1) is 0 Å². The van der Waals surface area contributed by atoms with Crippen LogP contribution in [0.25, 0.3) is 11.1 Å². The molecule has 0 aliphatic rings. The molecule has 0 saturated heterocycles. The Morgan fingerprint density at radius 1 is 1.00 bits per heavy atom. The van der Waals surface area contributed by atoms with E-state index in [-0.39, 0.29) is 11.3 Å². The monoisotopic (exact) mass is 232 g/mol. The van der Waals surface area contributed by atoms with Crippen LogP contribution in [0.5, 0.6) is 5.75 Å². The van der Waals surface area contributed by atoms with Gasteiger partial charge in [0.1, 0.15) is 5.75 Å². The van der Waals surface area contributed by atoms with E-state index in [1.54, 1.807) is 30.3 Å². The fraction of sp³-hybridized carbons (Fsp3) is 0. The van der Waals surface area contributed by atoms with E-state index in [9.17, 15) is 9.90 Å². The number of rotatable bonds is 2. The van der Waals surface area contributed by atoms with Gasteiger partial charge < -0.3 is 5.11 Å². The highest BCUT2D eigenvalue weighted by Gasteiger charge is 2.10. The Bertz CT molecular complexity index is 535. The Kier molecular flexibility index (Phi) is 2.93. The lowest BCUT2D eigenvalue weighted by molar-refractivity contribution is 0.112. The first-order chi connectivity index (χ1) is 7.74. The lowest BCUT2D eigenvalue weighted by Gasteiger charge is -2.07. The summed E-state index contributed by atoms with van der Waals surface area (Å²) in [7, 11) is 0. The summed E-state index contributed by atoms with van der Waals surface area (Å²) in [4.78, 5) is 10.7. The molecule has 1 N–H and O–H groups in total. The van der Waals surface area contributed by atoms with Crippen LogP contribution in [-0.2, 0) is 0 Å². The van der Waals surface area contributed by atoms with Crippen LogP contribution >= 0.6 is 11.6 Å². The Morgan fingerprint density at radius 2 is 1.69 bits per heavy atom. The number of aromatic hydroxyl groups is 1. The molecule has 80 valence electrons. The molecule has 3 heteroatoms. The fourth-order valence-corrected chi connectivity index (χ4v) is 1.79. The maximum absolute atomic E-state index is 10.7. The zero-order valence-corrected chi connectivity index (χ0v) is 9.11. The molecule has 2 aromatic carbocycles. The van der Waals surface area contributed by atoms with Crippen molar-refractivity contribution in [2.24, 2.45) is 0 Å². The van der Waals surface area contributed by atoms with Crippen molar-refractivity contribution in [3.63, 3.8) is 0 Å². The second-order valence-corrected chi connectivity index (χ2v) is 3.75. The average molecular weight is 233 g/mol. The second kappa shape index (κ2) is 4.37. The minimum atomic E-state index is -0.0365. The van der Waals surface area contributed by atoms with Crippen molar-refractivity contribution >= 4 is 17.9 Å². The summed E-state index contributed by atoms with van der Waals surface area (Å²) in [5.41, 5.74) is 1.54. The van der Waals surface area contributed by atoms with Crippen LogP contribution in [0.3, 0.4) is 0 Å². The molecule has 0 aromatic heterocycles. The largest absolute Gasteiger partial charge is 0.507 e. The van der Waals surface area contributed by atoms with Crippen molar-refractivity contribution in [2.75, 3.05) is 0 Å². The van der Waals surface area contributed by atoms with E-state index in [4.69, 9.17) is 11.6 Å². The molecule has 0 saturated carbocycles. The Balaban J connectivity index is 2.65. The molecule has 2 rings (SSSR count).